The van der Waals surface area contributed by atoms with Crippen molar-refractivity contribution in [3.05, 3.63) is 77.9 Å². The summed E-state index contributed by atoms with van der Waals surface area (Å²) in [4.78, 5) is 16.4. The van der Waals surface area contributed by atoms with E-state index in [1.54, 1.807) is 30.0 Å². The second kappa shape index (κ2) is 9.19. The third kappa shape index (κ3) is 5.31. The number of nitrogens with zero attached hydrogens (tertiary/aromatic N) is 1. The van der Waals surface area contributed by atoms with Crippen LogP contribution in [0.25, 0.3) is 22.6 Å². The summed E-state index contributed by atoms with van der Waals surface area (Å²) in [5.74, 6) is 0.270. The van der Waals surface area contributed by atoms with Gasteiger partial charge in [-0.3, -0.25) is 0 Å². The molecule has 0 spiro atoms. The number of carboxylic acids is 1. The third-order valence-corrected chi connectivity index (χ3v) is 5.90. The Kier molecular flexibility index (Phi) is 6.33. The number of halogens is 3. The number of carboxylic acid groups (broad SMARTS) is 1. The summed E-state index contributed by atoms with van der Waals surface area (Å²) in [6.07, 6.45) is -5.34. The van der Waals surface area contributed by atoms with Crippen molar-refractivity contribution < 1.29 is 32.2 Å². The summed E-state index contributed by atoms with van der Waals surface area (Å²) in [5, 5.41) is 8.93. The summed E-state index contributed by atoms with van der Waals surface area (Å²) >= 11 is 1.55. The second-order valence-corrected chi connectivity index (χ2v) is 8.27. The van der Waals surface area contributed by atoms with Crippen LogP contribution in [0.15, 0.2) is 76.0 Å². The van der Waals surface area contributed by atoms with Gasteiger partial charge in [0.2, 0.25) is 5.89 Å². The molecule has 0 aliphatic carbocycles. The molecule has 0 radical (unpaired) electrons. The fourth-order valence-electron chi connectivity index (χ4n) is 3.08. The second-order valence-electron chi connectivity index (χ2n) is 7.22. The van der Waals surface area contributed by atoms with Crippen molar-refractivity contribution in [1.29, 1.82) is 0 Å². The van der Waals surface area contributed by atoms with Gasteiger partial charge in [-0.05, 0) is 67.1 Å². The minimum atomic E-state index is -4.40. The van der Waals surface area contributed by atoms with Crippen LogP contribution in [0.1, 0.15) is 18.1 Å². The van der Waals surface area contributed by atoms with Gasteiger partial charge in [0.15, 0.2) is 11.7 Å². The number of alkyl halides is 3. The van der Waals surface area contributed by atoms with Gasteiger partial charge in [-0.1, -0.05) is 12.1 Å². The molecule has 1 N–H and O–H groups in total. The molecule has 1 atom stereocenters. The average Bonchev–Trinajstić information content (AvgIpc) is 3.23. The number of thioether (sulfide) groups is 1. The van der Waals surface area contributed by atoms with E-state index in [1.807, 2.05) is 24.3 Å². The third-order valence-electron chi connectivity index (χ3n) is 4.84. The zero-order valence-corrected chi connectivity index (χ0v) is 18.1. The van der Waals surface area contributed by atoms with E-state index < -0.39 is 23.8 Å². The van der Waals surface area contributed by atoms with E-state index in [-0.39, 0.29) is 5.89 Å². The molecule has 0 saturated carbocycles. The van der Waals surface area contributed by atoms with Gasteiger partial charge in [-0.2, -0.15) is 13.2 Å². The van der Waals surface area contributed by atoms with Crippen molar-refractivity contribution in [2.24, 2.45) is 0 Å². The van der Waals surface area contributed by atoms with Crippen LogP contribution >= 0.6 is 11.8 Å². The number of aliphatic carboxylic acids is 1. The van der Waals surface area contributed by atoms with Gasteiger partial charge < -0.3 is 14.3 Å². The number of hydrogen-bond donors (Lipinski definition) is 1. The largest absolute Gasteiger partial charge is 0.479 e. The molecule has 0 aliphatic heterocycles. The van der Waals surface area contributed by atoms with Gasteiger partial charge in [-0.15, -0.1) is 11.8 Å². The van der Waals surface area contributed by atoms with Gasteiger partial charge in [0.05, 0.1) is 5.56 Å². The zero-order chi connectivity index (χ0) is 23.6. The molecule has 9 heteroatoms. The van der Waals surface area contributed by atoms with Gasteiger partial charge in [0.1, 0.15) is 11.3 Å². The Hall–Kier alpha value is -3.46. The molecule has 4 aromatic rings. The summed E-state index contributed by atoms with van der Waals surface area (Å²) < 4.78 is 49.5. The molecular weight excluding hydrogens is 455 g/mol. The predicted molar refractivity (Wildman–Crippen MR) is 118 cm³/mol. The van der Waals surface area contributed by atoms with Gasteiger partial charge in [0, 0.05) is 16.2 Å². The monoisotopic (exact) mass is 473 g/mol. The van der Waals surface area contributed by atoms with Crippen LogP contribution in [0, 0.1) is 0 Å². The number of fused-ring (bicyclic) bond motifs is 1. The maximum absolute atomic E-state index is 12.8. The normalized spacial score (nSPS) is 12.6. The lowest BCUT2D eigenvalue weighted by atomic mass is 10.1. The van der Waals surface area contributed by atoms with Gasteiger partial charge in [0.25, 0.3) is 0 Å². The first-order valence-electron chi connectivity index (χ1n) is 9.89. The molecule has 5 nitrogen and oxygen atoms in total. The Labute approximate surface area is 191 Å². The molecule has 4 rings (SSSR count). The lowest BCUT2D eigenvalue weighted by Crippen LogP contribution is -2.22. The maximum Gasteiger partial charge on any atom is 0.416 e. The van der Waals surface area contributed by atoms with Crippen molar-refractivity contribution >= 4 is 28.8 Å². The molecule has 0 saturated heterocycles. The van der Waals surface area contributed by atoms with Crippen molar-refractivity contribution in [2.75, 3.05) is 0 Å². The minimum Gasteiger partial charge on any atom is -0.479 e. The highest BCUT2D eigenvalue weighted by Crippen LogP contribution is 2.33. The highest BCUT2D eigenvalue weighted by molar-refractivity contribution is 7.98. The summed E-state index contributed by atoms with van der Waals surface area (Å²) in [5.41, 5.74) is 1.85. The lowest BCUT2D eigenvalue weighted by Gasteiger charge is -2.10. The quantitative estimate of drug-likeness (QED) is 0.303. The van der Waals surface area contributed by atoms with E-state index in [2.05, 4.69) is 4.98 Å². The highest BCUT2D eigenvalue weighted by atomic mass is 32.2. The van der Waals surface area contributed by atoms with Crippen LogP contribution in [-0.2, 0) is 16.7 Å². The highest BCUT2D eigenvalue weighted by Gasteiger charge is 2.30. The van der Waals surface area contributed by atoms with Crippen LogP contribution in [-0.4, -0.2) is 22.2 Å². The molecular formula is C24H18F3NO4S. The van der Waals surface area contributed by atoms with Crippen LogP contribution in [0.2, 0.25) is 0 Å². The van der Waals surface area contributed by atoms with Gasteiger partial charge in [-0.25, -0.2) is 9.78 Å². The number of aromatic nitrogens is 1. The summed E-state index contributed by atoms with van der Waals surface area (Å²) in [6.45, 7) is 1.46. The molecule has 3 aromatic carbocycles. The minimum absolute atomic E-state index is 0.255. The molecule has 0 aliphatic rings. The number of oxazole rings is 1. The maximum atomic E-state index is 12.8. The zero-order valence-electron chi connectivity index (χ0n) is 17.3. The summed E-state index contributed by atoms with van der Waals surface area (Å²) in [6, 6.07) is 17.3. The Morgan fingerprint density at radius 2 is 1.79 bits per heavy atom. The molecule has 33 heavy (non-hydrogen) atoms. The number of benzene rings is 3. The molecule has 170 valence electrons. The summed E-state index contributed by atoms with van der Waals surface area (Å²) in [7, 11) is 0. The first kappa shape index (κ1) is 22.7. The smallest absolute Gasteiger partial charge is 0.416 e. The van der Waals surface area contributed by atoms with Crippen molar-refractivity contribution in [1.82, 2.24) is 4.98 Å². The van der Waals surface area contributed by atoms with E-state index in [1.165, 1.54) is 19.1 Å². The predicted octanol–water partition coefficient (Wildman–Crippen LogP) is 6.66. The lowest BCUT2D eigenvalue weighted by molar-refractivity contribution is -0.144. The Balaban J connectivity index is 1.49. The van der Waals surface area contributed by atoms with E-state index in [0.29, 0.717) is 28.2 Å². The molecule has 0 amide bonds. The molecule has 0 bridgehead atoms. The van der Waals surface area contributed by atoms with Crippen molar-refractivity contribution in [2.45, 2.75) is 29.9 Å². The van der Waals surface area contributed by atoms with E-state index in [4.69, 9.17) is 14.3 Å². The SMILES string of the molecule is CC(Oc1ccc(SCc2cccc3oc(-c4ccc(C(F)(F)F)cc4)nc23)cc1)C(=O)O. The molecule has 1 aromatic heterocycles. The van der Waals surface area contributed by atoms with Crippen LogP contribution in [0.5, 0.6) is 5.75 Å². The standard InChI is InChI=1S/C24H18F3NO4S/c1-14(23(29)30)31-18-9-11-19(12-10-18)33-13-16-3-2-4-20-21(16)28-22(32-20)15-5-7-17(8-6-15)24(25,26)27/h2-12,14H,13H2,1H3,(H,29,30). The average molecular weight is 473 g/mol. The van der Waals surface area contributed by atoms with Crippen LogP contribution < -0.4 is 4.74 Å². The number of carbonyl (C=O) groups is 1. The van der Waals surface area contributed by atoms with Crippen LogP contribution in [0.4, 0.5) is 13.2 Å². The number of hydrogen-bond acceptors (Lipinski definition) is 5. The first-order valence-corrected chi connectivity index (χ1v) is 10.9. The number of para-hydroxylation sites is 1. The van der Waals surface area contributed by atoms with Gasteiger partial charge >= 0.3 is 12.1 Å². The number of rotatable bonds is 7. The van der Waals surface area contributed by atoms with E-state index >= 15 is 0 Å². The fourth-order valence-corrected chi connectivity index (χ4v) is 3.96. The van der Waals surface area contributed by atoms with Crippen molar-refractivity contribution in [3.8, 4) is 17.2 Å². The Bertz CT molecular complexity index is 1270. The Morgan fingerprint density at radius 3 is 2.42 bits per heavy atom. The van der Waals surface area contributed by atoms with Crippen LogP contribution in [0.3, 0.4) is 0 Å². The molecule has 0 fully saturated rings. The fraction of sp³-hybridized carbons (Fsp3) is 0.167. The topological polar surface area (TPSA) is 72.6 Å². The number of ether oxygens (including phenoxy) is 1. The molecule has 1 unspecified atom stereocenters. The first-order chi connectivity index (χ1) is 15.7. The van der Waals surface area contributed by atoms with E-state index in [9.17, 15) is 18.0 Å². The van der Waals surface area contributed by atoms with E-state index in [0.717, 1.165) is 22.6 Å². The molecule has 1 heterocycles. The Morgan fingerprint density at radius 1 is 1.09 bits per heavy atom. The van der Waals surface area contributed by atoms with Crippen molar-refractivity contribution in [3.63, 3.8) is 0 Å².